The van der Waals surface area contributed by atoms with E-state index in [0.717, 1.165) is 6.20 Å². The highest BCUT2D eigenvalue weighted by Gasteiger charge is 2.44. The number of aromatic nitrogens is 2. The van der Waals surface area contributed by atoms with Crippen LogP contribution in [0.15, 0.2) is 15.8 Å². The van der Waals surface area contributed by atoms with E-state index in [-0.39, 0.29) is 5.56 Å². The van der Waals surface area contributed by atoms with E-state index in [1.54, 1.807) is 0 Å². The molecule has 94 valence electrons. The molecule has 2 heterocycles. The first-order valence-electron chi connectivity index (χ1n) is 5.38. The maximum absolute atomic E-state index is 11.5. The molecule has 0 saturated carbocycles. The summed E-state index contributed by atoms with van der Waals surface area (Å²) in [7, 11) is 0. The molecule has 8 nitrogen and oxygen atoms in total. The van der Waals surface area contributed by atoms with Crippen molar-refractivity contribution >= 4 is 0 Å². The van der Waals surface area contributed by atoms with E-state index in [9.17, 15) is 19.8 Å². The predicted molar refractivity (Wildman–Crippen MR) is 54.4 cm³/mol. The molecule has 1 aromatic rings. The van der Waals surface area contributed by atoms with Crippen molar-refractivity contribution in [2.75, 3.05) is 6.61 Å². The Morgan fingerprint density at radius 3 is 2.71 bits per heavy atom. The molecule has 0 spiro atoms. The normalized spacial score (nSPS) is 33.7. The van der Waals surface area contributed by atoms with Crippen LogP contribution in [0, 0.1) is 0 Å². The van der Waals surface area contributed by atoms with Gasteiger partial charge >= 0.3 is 5.69 Å². The van der Waals surface area contributed by atoms with Crippen molar-refractivity contribution in [3.8, 4) is 0 Å². The van der Waals surface area contributed by atoms with Crippen molar-refractivity contribution < 1.29 is 21.5 Å². The van der Waals surface area contributed by atoms with Crippen molar-refractivity contribution in [3.63, 3.8) is 0 Å². The molecule has 1 aromatic heterocycles. The number of aliphatic hydroxyl groups is 3. The van der Waals surface area contributed by atoms with Crippen molar-refractivity contribution in [2.24, 2.45) is 0 Å². The van der Waals surface area contributed by atoms with Crippen LogP contribution >= 0.6 is 0 Å². The topological polar surface area (TPSA) is 136 Å². The summed E-state index contributed by atoms with van der Waals surface area (Å²) in [5, 5.41) is 28.2. The molecule has 1 fully saturated rings. The summed E-state index contributed by atoms with van der Waals surface area (Å²) in [6.45, 7) is -0.521. The van der Waals surface area contributed by atoms with E-state index in [2.05, 4.69) is 0 Å². The van der Waals surface area contributed by atoms with Crippen LogP contribution in [0.1, 0.15) is 11.7 Å². The van der Waals surface area contributed by atoms with E-state index in [4.69, 9.17) is 11.3 Å². The lowest BCUT2D eigenvalue weighted by Crippen LogP contribution is -2.34. The van der Waals surface area contributed by atoms with Crippen LogP contribution in [-0.2, 0) is 4.74 Å². The molecule has 0 aromatic carbocycles. The van der Waals surface area contributed by atoms with Gasteiger partial charge in [-0.3, -0.25) is 9.78 Å². The number of aromatic amines is 2. The Bertz CT molecular complexity index is 555. The van der Waals surface area contributed by atoms with E-state index < -0.39 is 42.3 Å². The van der Waals surface area contributed by atoms with E-state index in [1.807, 2.05) is 4.98 Å². The minimum absolute atomic E-state index is 0.160. The second kappa shape index (κ2) is 4.41. The summed E-state index contributed by atoms with van der Waals surface area (Å²) in [5.74, 6) is 0. The average molecular weight is 245 g/mol. The van der Waals surface area contributed by atoms with Crippen LogP contribution in [0.3, 0.4) is 0 Å². The third-order valence-corrected chi connectivity index (χ3v) is 2.65. The molecule has 0 bridgehead atoms. The first kappa shape index (κ1) is 10.7. The molecule has 1 aliphatic heterocycles. The summed E-state index contributed by atoms with van der Waals surface area (Å²) < 4.78 is 12.3. The molecule has 0 amide bonds. The number of hydrogen-bond acceptors (Lipinski definition) is 6. The van der Waals surface area contributed by atoms with Crippen molar-refractivity contribution in [2.45, 2.75) is 24.4 Å². The van der Waals surface area contributed by atoms with Gasteiger partial charge in [0.15, 0.2) is 1.41 Å². The van der Waals surface area contributed by atoms with Crippen molar-refractivity contribution in [1.82, 2.24) is 9.96 Å². The molecule has 2 rings (SSSR count). The van der Waals surface area contributed by atoms with Crippen LogP contribution in [-0.4, -0.2) is 50.2 Å². The van der Waals surface area contributed by atoms with Gasteiger partial charge in [-0.2, -0.15) is 0 Å². The molecule has 0 aliphatic carbocycles. The molecule has 5 N–H and O–H groups in total. The second-order valence-corrected chi connectivity index (χ2v) is 3.73. The van der Waals surface area contributed by atoms with Crippen molar-refractivity contribution in [3.05, 3.63) is 32.6 Å². The molecular weight excluding hydrogens is 232 g/mol. The fourth-order valence-corrected chi connectivity index (χ4v) is 1.75. The molecule has 0 radical (unpaired) electrons. The Kier molecular flexibility index (Phi) is 2.77. The number of hydrogen-bond donors (Lipinski definition) is 5. The van der Waals surface area contributed by atoms with Gasteiger partial charge < -0.3 is 25.0 Å². The van der Waals surface area contributed by atoms with Crippen LogP contribution in [0.5, 0.6) is 0 Å². The monoisotopic (exact) mass is 245 g/mol. The van der Waals surface area contributed by atoms with Gasteiger partial charge in [0.1, 0.15) is 24.4 Å². The van der Waals surface area contributed by atoms with Crippen molar-refractivity contribution in [1.29, 1.82) is 0 Å². The number of nitrogens with one attached hydrogen (secondary N) is 2. The highest BCUT2D eigenvalue weighted by molar-refractivity contribution is 5.13. The first-order chi connectivity index (χ1) is 8.45. The van der Waals surface area contributed by atoms with Gasteiger partial charge in [0, 0.05) is 6.20 Å². The first-order valence-corrected chi connectivity index (χ1v) is 4.93. The Morgan fingerprint density at radius 2 is 2.12 bits per heavy atom. The highest BCUT2D eigenvalue weighted by atomic mass is 16.6. The number of ether oxygens (including phenoxy) is 1. The number of H-pyrrole nitrogens is 2. The Hall–Kier alpha value is -1.48. The Labute approximate surface area is 96.0 Å². The lowest BCUT2D eigenvalue weighted by molar-refractivity contribution is -0.0232. The maximum Gasteiger partial charge on any atom is 0.325 e. The summed E-state index contributed by atoms with van der Waals surface area (Å²) in [6.07, 6.45) is -4.07. The Morgan fingerprint density at radius 1 is 1.41 bits per heavy atom. The van der Waals surface area contributed by atoms with Crippen LogP contribution in [0.4, 0.5) is 0 Å². The molecular formula is C9H12N2O6. The SMILES string of the molecule is [2H]n1cc([C@@H]2O[C@H](CO)[C@@H](O)[C@H]2O)c(=O)[nH]c1=O. The Balaban J connectivity index is 2.42. The minimum Gasteiger partial charge on any atom is -0.394 e. The van der Waals surface area contributed by atoms with E-state index in [1.165, 1.54) is 0 Å². The van der Waals surface area contributed by atoms with Gasteiger partial charge in [-0.1, -0.05) is 0 Å². The minimum atomic E-state index is -1.42. The molecule has 1 saturated heterocycles. The van der Waals surface area contributed by atoms with E-state index in [0.29, 0.717) is 4.98 Å². The van der Waals surface area contributed by atoms with Crippen LogP contribution < -0.4 is 11.2 Å². The highest BCUT2D eigenvalue weighted by Crippen LogP contribution is 2.31. The van der Waals surface area contributed by atoms with Gasteiger partial charge in [-0.05, 0) is 0 Å². The van der Waals surface area contributed by atoms with Gasteiger partial charge in [0.25, 0.3) is 5.56 Å². The third-order valence-electron chi connectivity index (χ3n) is 2.65. The second-order valence-electron chi connectivity index (χ2n) is 3.73. The number of rotatable bonds is 2. The van der Waals surface area contributed by atoms with Gasteiger partial charge in [-0.15, -0.1) is 0 Å². The summed E-state index contributed by atoms with van der Waals surface area (Å²) in [6, 6.07) is 0. The summed E-state index contributed by atoms with van der Waals surface area (Å²) >= 11 is 0. The molecule has 0 unspecified atom stereocenters. The van der Waals surface area contributed by atoms with Gasteiger partial charge in [-0.25, -0.2) is 4.79 Å². The lowest BCUT2D eigenvalue weighted by Gasteiger charge is -2.13. The zero-order valence-electron chi connectivity index (χ0n) is 9.61. The fraction of sp³-hybridized carbons (Fsp3) is 0.556. The molecule has 17 heavy (non-hydrogen) atoms. The van der Waals surface area contributed by atoms with Crippen LogP contribution in [0.25, 0.3) is 0 Å². The van der Waals surface area contributed by atoms with Gasteiger partial charge in [0.2, 0.25) is 0 Å². The molecule has 4 atom stereocenters. The summed E-state index contributed by atoms with van der Waals surface area (Å²) in [4.78, 5) is 24.8. The molecule has 1 aliphatic rings. The molecule has 8 heteroatoms. The zero-order chi connectivity index (χ0) is 13.4. The zero-order valence-corrected chi connectivity index (χ0v) is 8.61. The van der Waals surface area contributed by atoms with Crippen LogP contribution in [0.2, 0.25) is 1.41 Å². The largest absolute Gasteiger partial charge is 0.394 e. The smallest absolute Gasteiger partial charge is 0.325 e. The quantitative estimate of drug-likeness (QED) is 0.382. The fourth-order valence-electron chi connectivity index (χ4n) is 1.75. The third kappa shape index (κ3) is 2.03. The lowest BCUT2D eigenvalue weighted by atomic mass is 10.0. The van der Waals surface area contributed by atoms with E-state index >= 15 is 0 Å². The number of aliphatic hydroxyl groups excluding tert-OH is 3. The predicted octanol–water partition coefficient (Wildman–Crippen LogP) is -2.78. The summed E-state index contributed by atoms with van der Waals surface area (Å²) in [5.41, 5.74) is -1.89. The van der Waals surface area contributed by atoms with Gasteiger partial charge in [0.05, 0.1) is 12.2 Å². The maximum atomic E-state index is 11.5. The standard InChI is InChI=1S/C9H12N2O6/c12-2-4-5(13)6(14)7(17-4)3-1-10-9(16)11-8(3)15/h1,4-7,12-14H,2H2,(H2,10,11,15,16)/t4-,5-,6-,7+/m1/s1/i/hD. The average Bonchev–Trinajstić information content (AvgIpc) is 2.61.